The number of aliphatic imine (C=N–C) groups is 1. The van der Waals surface area contributed by atoms with E-state index in [1.807, 2.05) is 6.92 Å². The summed E-state index contributed by atoms with van der Waals surface area (Å²) in [4.78, 5) is 4.38. The molecule has 0 aliphatic carbocycles. The van der Waals surface area contributed by atoms with Gasteiger partial charge in [0.15, 0.2) is 5.96 Å². The molecule has 0 heterocycles. The number of alkyl halides is 3. The zero-order chi connectivity index (χ0) is 23.0. The van der Waals surface area contributed by atoms with Gasteiger partial charge in [0.25, 0.3) is 0 Å². The van der Waals surface area contributed by atoms with Gasteiger partial charge in [-0.05, 0) is 49.7 Å². The third-order valence-corrected chi connectivity index (χ3v) is 4.63. The summed E-state index contributed by atoms with van der Waals surface area (Å²) in [6, 6.07) is 9.78. The zero-order valence-corrected chi connectivity index (χ0v) is 18.0. The van der Waals surface area contributed by atoms with E-state index in [0.29, 0.717) is 35.1 Å². The number of aliphatic hydroxyl groups is 1. The van der Waals surface area contributed by atoms with Crippen molar-refractivity contribution in [2.45, 2.75) is 32.2 Å². The molecule has 3 N–H and O–H groups in total. The molecule has 2 atom stereocenters. The first-order valence-electron chi connectivity index (χ1n) is 9.81. The van der Waals surface area contributed by atoms with E-state index < -0.39 is 23.9 Å². The highest BCUT2D eigenvalue weighted by atomic mass is 19.4. The monoisotopic (exact) mass is 439 g/mol. The normalized spacial score (nSPS) is 14.0. The molecule has 0 fully saturated rings. The lowest BCUT2D eigenvalue weighted by Gasteiger charge is -2.20. The van der Waals surface area contributed by atoms with Crippen LogP contribution in [-0.2, 0) is 6.18 Å². The minimum absolute atomic E-state index is 0.00811. The Labute approximate surface area is 180 Å². The van der Waals surface area contributed by atoms with Gasteiger partial charge in [0.05, 0.1) is 32.4 Å². The number of hydrogen-bond donors (Lipinski definition) is 3. The van der Waals surface area contributed by atoms with Crippen molar-refractivity contribution in [2.75, 3.05) is 27.3 Å². The summed E-state index contributed by atoms with van der Waals surface area (Å²) in [5, 5.41) is 16.7. The van der Waals surface area contributed by atoms with Crippen molar-refractivity contribution in [3.63, 3.8) is 0 Å². The van der Waals surface area contributed by atoms with E-state index >= 15 is 0 Å². The molecule has 6 nitrogen and oxygen atoms in total. The van der Waals surface area contributed by atoms with Crippen LogP contribution >= 0.6 is 0 Å². The van der Waals surface area contributed by atoms with Gasteiger partial charge in [0, 0.05) is 12.1 Å². The van der Waals surface area contributed by atoms with Crippen LogP contribution in [0.3, 0.4) is 0 Å². The Morgan fingerprint density at radius 3 is 2.48 bits per heavy atom. The molecule has 2 aromatic carbocycles. The zero-order valence-electron chi connectivity index (χ0n) is 18.0. The van der Waals surface area contributed by atoms with E-state index in [2.05, 4.69) is 15.6 Å². The van der Waals surface area contributed by atoms with Crippen molar-refractivity contribution < 1.29 is 27.8 Å². The standard InChI is InChI=1S/C22H28F3N3O3/c1-5-26-21(28-14(2)15-7-6-8-16(11-15)22(23,24)25)27-13-19(29)18-12-17(30-3)9-10-20(18)31-4/h6-12,14,19,29H,5,13H2,1-4H3,(H2,26,27,28). The highest BCUT2D eigenvalue weighted by Crippen LogP contribution is 2.31. The topological polar surface area (TPSA) is 75.1 Å². The lowest BCUT2D eigenvalue weighted by Crippen LogP contribution is -2.39. The lowest BCUT2D eigenvalue weighted by atomic mass is 10.1. The Bertz CT molecular complexity index is 888. The number of benzene rings is 2. The number of methoxy groups -OCH3 is 2. The van der Waals surface area contributed by atoms with Gasteiger partial charge in [-0.2, -0.15) is 13.2 Å². The minimum Gasteiger partial charge on any atom is -0.497 e. The molecule has 0 saturated carbocycles. The fraction of sp³-hybridized carbons (Fsp3) is 0.409. The van der Waals surface area contributed by atoms with Crippen LogP contribution in [0.2, 0.25) is 0 Å². The second-order valence-electron chi connectivity index (χ2n) is 6.83. The maximum absolute atomic E-state index is 13.0. The van der Waals surface area contributed by atoms with E-state index in [0.717, 1.165) is 12.1 Å². The quantitative estimate of drug-likeness (QED) is 0.427. The van der Waals surface area contributed by atoms with Crippen molar-refractivity contribution in [1.29, 1.82) is 0 Å². The lowest BCUT2D eigenvalue weighted by molar-refractivity contribution is -0.137. The molecule has 0 amide bonds. The average Bonchev–Trinajstić information content (AvgIpc) is 2.76. The number of hydrogen-bond acceptors (Lipinski definition) is 4. The SMILES string of the molecule is CCNC(=NCC(O)c1cc(OC)ccc1OC)NC(C)c1cccc(C(F)(F)F)c1. The van der Waals surface area contributed by atoms with Crippen LogP contribution in [0.1, 0.15) is 42.7 Å². The van der Waals surface area contributed by atoms with Crippen LogP contribution in [0.4, 0.5) is 13.2 Å². The molecule has 0 aromatic heterocycles. The third-order valence-electron chi connectivity index (χ3n) is 4.63. The molecular weight excluding hydrogens is 411 g/mol. The molecule has 0 radical (unpaired) electrons. The first-order valence-corrected chi connectivity index (χ1v) is 9.81. The maximum Gasteiger partial charge on any atom is 0.416 e. The molecule has 0 aliphatic rings. The molecule has 0 aliphatic heterocycles. The van der Waals surface area contributed by atoms with E-state index in [4.69, 9.17) is 9.47 Å². The first-order chi connectivity index (χ1) is 14.7. The number of aliphatic hydroxyl groups excluding tert-OH is 1. The van der Waals surface area contributed by atoms with Gasteiger partial charge in [-0.3, -0.25) is 4.99 Å². The van der Waals surface area contributed by atoms with Crippen LogP contribution in [0.25, 0.3) is 0 Å². The molecule has 170 valence electrons. The van der Waals surface area contributed by atoms with Crippen molar-refractivity contribution in [3.8, 4) is 11.5 Å². The van der Waals surface area contributed by atoms with Gasteiger partial charge in [-0.15, -0.1) is 0 Å². The predicted octanol–water partition coefficient (Wildman–Crippen LogP) is 4.07. The Morgan fingerprint density at radius 1 is 1.13 bits per heavy atom. The van der Waals surface area contributed by atoms with E-state index in [1.54, 1.807) is 31.2 Å². The smallest absolute Gasteiger partial charge is 0.416 e. The summed E-state index contributed by atoms with van der Waals surface area (Å²) >= 11 is 0. The molecular formula is C22H28F3N3O3. The van der Waals surface area contributed by atoms with Gasteiger partial charge in [0.1, 0.15) is 17.6 Å². The number of nitrogens with one attached hydrogen (secondary N) is 2. The number of ether oxygens (including phenoxy) is 2. The third kappa shape index (κ3) is 6.78. The van der Waals surface area contributed by atoms with Crippen LogP contribution in [0.15, 0.2) is 47.5 Å². The molecule has 0 saturated heterocycles. The predicted molar refractivity (Wildman–Crippen MR) is 113 cm³/mol. The molecule has 2 rings (SSSR count). The number of rotatable bonds is 8. The Balaban J connectivity index is 2.17. The van der Waals surface area contributed by atoms with E-state index in [9.17, 15) is 18.3 Å². The first kappa shape index (κ1) is 24.3. The van der Waals surface area contributed by atoms with Gasteiger partial charge in [0.2, 0.25) is 0 Å². The highest BCUT2D eigenvalue weighted by molar-refractivity contribution is 5.80. The van der Waals surface area contributed by atoms with Gasteiger partial charge >= 0.3 is 6.18 Å². The summed E-state index contributed by atoms with van der Waals surface area (Å²) in [6.45, 7) is 4.16. The fourth-order valence-corrected chi connectivity index (χ4v) is 2.97. The molecule has 9 heteroatoms. The largest absolute Gasteiger partial charge is 0.497 e. The van der Waals surface area contributed by atoms with Crippen LogP contribution in [0.5, 0.6) is 11.5 Å². The Hall–Kier alpha value is -2.94. The van der Waals surface area contributed by atoms with Crippen LogP contribution in [0, 0.1) is 0 Å². The van der Waals surface area contributed by atoms with Crippen LogP contribution in [-0.4, -0.2) is 38.4 Å². The summed E-state index contributed by atoms with van der Waals surface area (Å²) in [5.74, 6) is 1.44. The number of halogens is 3. The number of nitrogens with zero attached hydrogens (tertiary/aromatic N) is 1. The molecule has 0 bridgehead atoms. The van der Waals surface area contributed by atoms with Crippen molar-refractivity contribution in [3.05, 3.63) is 59.2 Å². The van der Waals surface area contributed by atoms with Crippen molar-refractivity contribution in [2.24, 2.45) is 4.99 Å². The highest BCUT2D eigenvalue weighted by Gasteiger charge is 2.30. The molecule has 31 heavy (non-hydrogen) atoms. The van der Waals surface area contributed by atoms with E-state index in [-0.39, 0.29) is 6.54 Å². The van der Waals surface area contributed by atoms with Gasteiger partial charge in [-0.25, -0.2) is 0 Å². The summed E-state index contributed by atoms with van der Waals surface area (Å²) in [6.07, 6.45) is -5.38. The van der Waals surface area contributed by atoms with Crippen molar-refractivity contribution in [1.82, 2.24) is 10.6 Å². The van der Waals surface area contributed by atoms with Gasteiger partial charge in [-0.1, -0.05) is 12.1 Å². The summed E-state index contributed by atoms with van der Waals surface area (Å²) in [5.41, 5.74) is 0.281. The van der Waals surface area contributed by atoms with Crippen molar-refractivity contribution >= 4 is 5.96 Å². The Kier molecular flexibility index (Phi) is 8.56. The molecule has 0 spiro atoms. The van der Waals surface area contributed by atoms with E-state index in [1.165, 1.54) is 20.3 Å². The summed E-state index contributed by atoms with van der Waals surface area (Å²) in [7, 11) is 3.03. The van der Waals surface area contributed by atoms with Crippen LogP contribution < -0.4 is 20.1 Å². The second-order valence-corrected chi connectivity index (χ2v) is 6.83. The van der Waals surface area contributed by atoms with Gasteiger partial charge < -0.3 is 25.2 Å². The summed E-state index contributed by atoms with van der Waals surface area (Å²) < 4.78 is 49.5. The second kappa shape index (κ2) is 10.9. The number of guanidine groups is 1. The Morgan fingerprint density at radius 2 is 1.87 bits per heavy atom. The molecule has 2 aromatic rings. The minimum atomic E-state index is -4.41. The average molecular weight is 439 g/mol. The maximum atomic E-state index is 13.0. The fourth-order valence-electron chi connectivity index (χ4n) is 2.97. The molecule has 2 unspecified atom stereocenters.